The Morgan fingerprint density at radius 1 is 1.14 bits per heavy atom. The lowest BCUT2D eigenvalue weighted by Crippen LogP contribution is -2.42. The van der Waals surface area contributed by atoms with Gasteiger partial charge >= 0.3 is 0 Å². The number of hydrogen-bond donors (Lipinski definition) is 1. The van der Waals surface area contributed by atoms with Gasteiger partial charge in [0.15, 0.2) is 0 Å². The first-order chi connectivity index (χ1) is 13.7. The van der Waals surface area contributed by atoms with E-state index in [2.05, 4.69) is 40.3 Å². The molecule has 5 rings (SSSR count). The lowest BCUT2D eigenvalue weighted by molar-refractivity contribution is -0.136. The molecule has 28 heavy (non-hydrogen) atoms. The van der Waals surface area contributed by atoms with Gasteiger partial charge < -0.3 is 14.6 Å². The summed E-state index contributed by atoms with van der Waals surface area (Å²) in [6, 6.07) is 16.5. The molecule has 1 aromatic heterocycles. The highest BCUT2D eigenvalue weighted by Crippen LogP contribution is 2.35. The predicted octanol–water partition coefficient (Wildman–Crippen LogP) is 3.31. The number of hydrogen-bond acceptors (Lipinski definition) is 3. The van der Waals surface area contributed by atoms with Crippen molar-refractivity contribution < 1.29 is 9.53 Å². The number of carbonyl (C=O) groups is 1. The Balaban J connectivity index is 1.42. The zero-order valence-electron chi connectivity index (χ0n) is 15.9. The minimum Gasteiger partial charge on any atom is -0.497 e. The van der Waals surface area contributed by atoms with Gasteiger partial charge in [-0.15, -0.1) is 0 Å². The maximum atomic E-state index is 13.4. The average Bonchev–Trinajstić information content (AvgIpc) is 3.39. The van der Waals surface area contributed by atoms with E-state index in [4.69, 9.17) is 4.74 Å². The fraction of sp³-hybridized carbons (Fsp3) is 0.304. The summed E-state index contributed by atoms with van der Waals surface area (Å²) in [5.41, 5.74) is 5.81. The first kappa shape index (κ1) is 17.0. The highest BCUT2D eigenvalue weighted by molar-refractivity contribution is 5.81. The molecule has 2 aliphatic rings. The smallest absolute Gasteiger partial charge is 0.226 e. The number of benzene rings is 2. The number of imidazole rings is 1. The number of amides is 1. The van der Waals surface area contributed by atoms with Crippen LogP contribution in [0, 0.1) is 5.92 Å². The highest BCUT2D eigenvalue weighted by atomic mass is 16.5. The van der Waals surface area contributed by atoms with Crippen LogP contribution in [0.4, 0.5) is 0 Å². The van der Waals surface area contributed by atoms with Crippen molar-refractivity contribution in [2.24, 2.45) is 5.92 Å². The molecule has 2 aromatic carbocycles. The molecule has 0 saturated heterocycles. The summed E-state index contributed by atoms with van der Waals surface area (Å²) in [5, 5.41) is 0. The summed E-state index contributed by atoms with van der Waals surface area (Å²) in [7, 11) is 1.67. The van der Waals surface area contributed by atoms with Crippen LogP contribution in [0.25, 0.3) is 0 Å². The molecule has 3 aromatic rings. The van der Waals surface area contributed by atoms with E-state index in [0.717, 1.165) is 35.5 Å². The number of fused-ring (bicyclic) bond motifs is 2. The van der Waals surface area contributed by atoms with E-state index < -0.39 is 0 Å². The Kier molecular flexibility index (Phi) is 4.15. The van der Waals surface area contributed by atoms with Crippen LogP contribution in [0.3, 0.4) is 0 Å². The average molecular weight is 373 g/mol. The van der Waals surface area contributed by atoms with Gasteiger partial charge in [0.25, 0.3) is 0 Å². The van der Waals surface area contributed by atoms with Gasteiger partial charge in [0.2, 0.25) is 5.91 Å². The van der Waals surface area contributed by atoms with E-state index in [-0.39, 0.29) is 17.7 Å². The van der Waals surface area contributed by atoms with Crippen molar-refractivity contribution in [2.45, 2.75) is 25.3 Å². The van der Waals surface area contributed by atoms with Gasteiger partial charge in [0.05, 0.1) is 31.4 Å². The number of H-pyrrole nitrogens is 1. The normalized spacial score (nSPS) is 18.6. The van der Waals surface area contributed by atoms with E-state index in [1.165, 1.54) is 11.1 Å². The fourth-order valence-corrected chi connectivity index (χ4v) is 4.60. The number of rotatable bonds is 3. The van der Waals surface area contributed by atoms with Crippen LogP contribution < -0.4 is 4.74 Å². The molecule has 5 heteroatoms. The number of aromatic amines is 1. The molecule has 0 radical (unpaired) electrons. The molecule has 1 atom stereocenters. The van der Waals surface area contributed by atoms with Gasteiger partial charge in [-0.2, -0.15) is 0 Å². The number of methoxy groups -OCH3 is 1. The van der Waals surface area contributed by atoms with Gasteiger partial charge in [-0.25, -0.2) is 4.98 Å². The molecule has 1 unspecified atom stereocenters. The third-order valence-electron chi connectivity index (χ3n) is 6.04. The van der Waals surface area contributed by atoms with Crippen molar-refractivity contribution in [1.29, 1.82) is 0 Å². The van der Waals surface area contributed by atoms with Crippen molar-refractivity contribution in [3.8, 4) is 5.75 Å². The molecule has 0 bridgehead atoms. The summed E-state index contributed by atoms with van der Waals surface area (Å²) in [4.78, 5) is 23.2. The summed E-state index contributed by atoms with van der Waals surface area (Å²) < 4.78 is 5.40. The molecule has 1 aliphatic heterocycles. The van der Waals surface area contributed by atoms with E-state index >= 15 is 0 Å². The van der Waals surface area contributed by atoms with E-state index in [1.54, 1.807) is 13.4 Å². The van der Waals surface area contributed by atoms with Crippen LogP contribution in [-0.4, -0.2) is 34.4 Å². The van der Waals surface area contributed by atoms with Crippen molar-refractivity contribution >= 4 is 5.91 Å². The van der Waals surface area contributed by atoms with Crippen molar-refractivity contribution in [3.05, 3.63) is 82.9 Å². The first-order valence-electron chi connectivity index (χ1n) is 9.74. The third kappa shape index (κ3) is 2.87. The van der Waals surface area contributed by atoms with Crippen LogP contribution in [0.2, 0.25) is 0 Å². The van der Waals surface area contributed by atoms with Gasteiger partial charge in [-0.1, -0.05) is 36.4 Å². The van der Waals surface area contributed by atoms with Gasteiger partial charge in [0, 0.05) is 18.4 Å². The molecular weight excluding hydrogens is 350 g/mol. The molecule has 0 spiro atoms. The lowest BCUT2D eigenvalue weighted by atomic mass is 9.90. The monoisotopic (exact) mass is 373 g/mol. The zero-order valence-corrected chi connectivity index (χ0v) is 15.9. The second-order valence-corrected chi connectivity index (χ2v) is 7.69. The molecule has 1 N–H and O–H groups in total. The molecule has 0 saturated carbocycles. The number of ether oxygens (including phenoxy) is 1. The van der Waals surface area contributed by atoms with Crippen LogP contribution in [0.15, 0.2) is 54.9 Å². The van der Waals surface area contributed by atoms with Gasteiger partial charge in [0.1, 0.15) is 5.75 Å². The number of carbonyl (C=O) groups excluding carboxylic acids is 1. The molecule has 5 nitrogen and oxygen atoms in total. The Hall–Kier alpha value is -3.08. The zero-order chi connectivity index (χ0) is 19.1. The SMILES string of the molecule is COc1cccc(C2CN(C(=O)C3Cc4ccccc4C3)Cc3[nH]cnc32)c1. The largest absolute Gasteiger partial charge is 0.497 e. The molecular formula is C23H23N3O2. The Labute approximate surface area is 164 Å². The second-order valence-electron chi connectivity index (χ2n) is 7.69. The van der Waals surface area contributed by atoms with Gasteiger partial charge in [-0.3, -0.25) is 4.79 Å². The Bertz CT molecular complexity index is 1000. The standard InChI is InChI=1S/C23H23N3O2/c1-28-19-8-4-7-17(11-19)20-12-26(13-21-22(20)25-14-24-21)23(27)18-9-15-5-2-3-6-16(15)10-18/h2-8,11,14,18,20H,9-10,12-13H2,1H3,(H,24,25). The second kappa shape index (κ2) is 6.82. The quantitative estimate of drug-likeness (QED) is 0.766. The summed E-state index contributed by atoms with van der Waals surface area (Å²) >= 11 is 0. The molecule has 2 heterocycles. The molecule has 0 fully saturated rings. The minimum absolute atomic E-state index is 0.0350. The van der Waals surface area contributed by atoms with Crippen LogP contribution >= 0.6 is 0 Å². The maximum Gasteiger partial charge on any atom is 0.226 e. The predicted molar refractivity (Wildman–Crippen MR) is 106 cm³/mol. The Morgan fingerprint density at radius 2 is 1.93 bits per heavy atom. The third-order valence-corrected chi connectivity index (χ3v) is 6.04. The number of aromatic nitrogens is 2. The lowest BCUT2D eigenvalue weighted by Gasteiger charge is -2.34. The number of nitrogens with zero attached hydrogens (tertiary/aromatic N) is 2. The van der Waals surface area contributed by atoms with Crippen molar-refractivity contribution in [1.82, 2.24) is 14.9 Å². The summed E-state index contributed by atoms with van der Waals surface area (Å²) in [6.45, 7) is 1.25. The first-order valence-corrected chi connectivity index (χ1v) is 9.74. The van der Waals surface area contributed by atoms with Gasteiger partial charge in [-0.05, 0) is 41.7 Å². The number of nitrogens with one attached hydrogen (secondary N) is 1. The van der Waals surface area contributed by atoms with Crippen LogP contribution in [0.5, 0.6) is 5.75 Å². The highest BCUT2D eigenvalue weighted by Gasteiger charge is 2.36. The van der Waals surface area contributed by atoms with Crippen LogP contribution in [0.1, 0.15) is 34.0 Å². The molecule has 1 amide bonds. The Morgan fingerprint density at radius 3 is 2.68 bits per heavy atom. The van der Waals surface area contributed by atoms with E-state index in [9.17, 15) is 4.79 Å². The summed E-state index contributed by atoms with van der Waals surface area (Å²) in [5.74, 6) is 1.15. The van der Waals surface area contributed by atoms with E-state index in [0.29, 0.717) is 13.1 Å². The maximum absolute atomic E-state index is 13.4. The van der Waals surface area contributed by atoms with Crippen LogP contribution in [-0.2, 0) is 24.2 Å². The topological polar surface area (TPSA) is 58.2 Å². The van der Waals surface area contributed by atoms with Crippen molar-refractivity contribution in [3.63, 3.8) is 0 Å². The van der Waals surface area contributed by atoms with Crippen molar-refractivity contribution in [2.75, 3.05) is 13.7 Å². The fourth-order valence-electron chi connectivity index (χ4n) is 4.60. The summed E-state index contributed by atoms with van der Waals surface area (Å²) in [6.07, 6.45) is 3.41. The minimum atomic E-state index is 0.0350. The van der Waals surface area contributed by atoms with E-state index in [1.807, 2.05) is 23.1 Å². The molecule has 142 valence electrons. The molecule has 1 aliphatic carbocycles.